The van der Waals surface area contributed by atoms with Gasteiger partial charge in [-0.3, -0.25) is 0 Å². The number of piperidine rings is 1. The molecule has 5 heteroatoms. The zero-order valence-corrected chi connectivity index (χ0v) is 12.4. The highest BCUT2D eigenvalue weighted by molar-refractivity contribution is 5.71. The van der Waals surface area contributed by atoms with E-state index in [4.69, 9.17) is 4.98 Å². The van der Waals surface area contributed by atoms with E-state index in [-0.39, 0.29) is 0 Å². The fraction of sp³-hybridized carbons (Fsp3) is 0.625. The molecule has 21 heavy (non-hydrogen) atoms. The molecule has 2 fully saturated rings. The maximum Gasteiger partial charge on any atom is 0.160 e. The molecule has 0 aliphatic carbocycles. The van der Waals surface area contributed by atoms with Gasteiger partial charge in [0.15, 0.2) is 5.65 Å². The summed E-state index contributed by atoms with van der Waals surface area (Å²) in [7, 11) is 0. The number of aromatic nitrogens is 3. The second-order valence-corrected chi connectivity index (χ2v) is 6.33. The number of rotatable bonds is 3. The Morgan fingerprint density at radius 2 is 2.14 bits per heavy atom. The van der Waals surface area contributed by atoms with Crippen molar-refractivity contribution < 1.29 is 0 Å². The van der Waals surface area contributed by atoms with E-state index in [2.05, 4.69) is 26.3 Å². The number of fused-ring (bicyclic) bond motifs is 1. The first kappa shape index (κ1) is 13.2. The average Bonchev–Trinajstić information content (AvgIpc) is 3.17. The van der Waals surface area contributed by atoms with E-state index in [9.17, 15) is 0 Å². The molecule has 2 unspecified atom stereocenters. The molecule has 0 radical (unpaired) electrons. The maximum absolute atomic E-state index is 4.92. The normalized spacial score (nSPS) is 26.5. The fourth-order valence-electron chi connectivity index (χ4n) is 3.67. The van der Waals surface area contributed by atoms with Crippen molar-refractivity contribution in [1.82, 2.24) is 25.2 Å². The molecule has 2 N–H and O–H groups in total. The molecule has 0 aromatic carbocycles. The Hall–Kier alpha value is -1.46. The van der Waals surface area contributed by atoms with Gasteiger partial charge >= 0.3 is 0 Å². The van der Waals surface area contributed by atoms with Crippen LogP contribution in [-0.4, -0.2) is 40.7 Å². The van der Waals surface area contributed by atoms with E-state index >= 15 is 0 Å². The predicted molar refractivity (Wildman–Crippen MR) is 83.3 cm³/mol. The second kappa shape index (κ2) is 5.73. The minimum absolute atomic E-state index is 0.530. The Bertz CT molecular complexity index is 608. The summed E-state index contributed by atoms with van der Waals surface area (Å²) in [6, 6.07) is 4.07. The van der Waals surface area contributed by atoms with Gasteiger partial charge in [0.25, 0.3) is 0 Å². The van der Waals surface area contributed by atoms with Gasteiger partial charge < -0.3 is 15.2 Å². The summed E-state index contributed by atoms with van der Waals surface area (Å²) in [4.78, 5) is 9.52. The smallest absolute Gasteiger partial charge is 0.160 e. The first-order valence-electron chi connectivity index (χ1n) is 8.14. The summed E-state index contributed by atoms with van der Waals surface area (Å²) < 4.78 is 2.39. The number of hydrogen-bond acceptors (Lipinski definition) is 4. The van der Waals surface area contributed by atoms with Crippen molar-refractivity contribution in [2.24, 2.45) is 5.92 Å². The Kier molecular flexibility index (Phi) is 3.61. The molecule has 2 aliphatic heterocycles. The molecule has 2 aromatic heterocycles. The van der Waals surface area contributed by atoms with Crippen LogP contribution in [0.15, 0.2) is 18.3 Å². The Labute approximate surface area is 125 Å². The van der Waals surface area contributed by atoms with Gasteiger partial charge in [0.1, 0.15) is 11.3 Å². The van der Waals surface area contributed by atoms with Gasteiger partial charge in [-0.05, 0) is 56.9 Å². The molecule has 0 spiro atoms. The Morgan fingerprint density at radius 1 is 1.19 bits per heavy atom. The minimum Gasteiger partial charge on any atom is -0.316 e. The summed E-state index contributed by atoms with van der Waals surface area (Å²) in [6.45, 7) is 5.50. The number of nitrogens with one attached hydrogen (secondary N) is 2. The van der Waals surface area contributed by atoms with E-state index in [1.807, 2.05) is 12.3 Å². The molecular formula is C16H23N5. The maximum atomic E-state index is 4.92. The third-order valence-corrected chi connectivity index (χ3v) is 4.80. The summed E-state index contributed by atoms with van der Waals surface area (Å²) in [6.07, 6.45) is 5.62. The average molecular weight is 285 g/mol. The van der Waals surface area contributed by atoms with E-state index in [1.54, 1.807) is 0 Å². The van der Waals surface area contributed by atoms with Crippen molar-refractivity contribution in [3.8, 4) is 0 Å². The second-order valence-electron chi connectivity index (χ2n) is 6.33. The summed E-state index contributed by atoms with van der Waals surface area (Å²) in [5.41, 5.74) is 2.11. The summed E-state index contributed by atoms with van der Waals surface area (Å²) in [5, 5.41) is 6.98. The van der Waals surface area contributed by atoms with Crippen molar-refractivity contribution in [2.45, 2.75) is 31.7 Å². The van der Waals surface area contributed by atoms with Crippen LogP contribution in [0.2, 0.25) is 0 Å². The minimum atomic E-state index is 0.530. The molecule has 0 amide bonds. The van der Waals surface area contributed by atoms with Crippen LogP contribution in [0.1, 0.15) is 31.0 Å². The molecule has 112 valence electrons. The lowest BCUT2D eigenvalue weighted by Gasteiger charge is -2.24. The van der Waals surface area contributed by atoms with Gasteiger partial charge in [-0.2, -0.15) is 0 Å². The molecule has 4 rings (SSSR count). The van der Waals surface area contributed by atoms with Gasteiger partial charge in [-0.25, -0.2) is 9.97 Å². The third kappa shape index (κ3) is 2.56. The molecule has 2 atom stereocenters. The van der Waals surface area contributed by atoms with Gasteiger partial charge in [-0.1, -0.05) is 0 Å². The largest absolute Gasteiger partial charge is 0.316 e. The highest BCUT2D eigenvalue weighted by Gasteiger charge is 2.25. The van der Waals surface area contributed by atoms with Gasteiger partial charge in [-0.15, -0.1) is 0 Å². The van der Waals surface area contributed by atoms with E-state index in [1.165, 1.54) is 25.1 Å². The lowest BCUT2D eigenvalue weighted by molar-refractivity contribution is 0.412. The molecule has 4 heterocycles. The number of pyridine rings is 1. The Balaban J connectivity index is 1.72. The number of hydrogen-bond donors (Lipinski definition) is 2. The van der Waals surface area contributed by atoms with Crippen molar-refractivity contribution in [3.63, 3.8) is 0 Å². The van der Waals surface area contributed by atoms with Crippen LogP contribution in [-0.2, 0) is 6.54 Å². The molecule has 0 saturated carbocycles. The third-order valence-electron chi connectivity index (χ3n) is 4.80. The van der Waals surface area contributed by atoms with Crippen LogP contribution in [0.5, 0.6) is 0 Å². The molecule has 5 nitrogen and oxygen atoms in total. The van der Waals surface area contributed by atoms with Gasteiger partial charge in [0.05, 0.1) is 0 Å². The van der Waals surface area contributed by atoms with Crippen molar-refractivity contribution in [2.75, 3.05) is 26.2 Å². The standard InChI is InChI=1S/C16H23N5/c1-3-13(10-17-6-1)15-20-14-4-2-7-19-16(14)21(15)11-12-5-8-18-9-12/h2,4,7,12-13,17-18H,1,3,5-6,8-11H2. The molecule has 2 aliphatic rings. The monoisotopic (exact) mass is 285 g/mol. The van der Waals surface area contributed by atoms with Crippen LogP contribution >= 0.6 is 0 Å². The van der Waals surface area contributed by atoms with E-state index in [0.29, 0.717) is 11.8 Å². The first-order valence-corrected chi connectivity index (χ1v) is 8.14. The number of imidazole rings is 1. The quantitative estimate of drug-likeness (QED) is 0.897. The molecule has 2 aromatic rings. The summed E-state index contributed by atoms with van der Waals surface area (Å²) in [5.74, 6) is 2.48. The van der Waals surface area contributed by atoms with Gasteiger partial charge in [0.2, 0.25) is 0 Å². The van der Waals surface area contributed by atoms with Crippen LogP contribution < -0.4 is 10.6 Å². The number of nitrogens with zero attached hydrogens (tertiary/aromatic N) is 3. The topological polar surface area (TPSA) is 54.8 Å². The van der Waals surface area contributed by atoms with Crippen LogP contribution in [0.3, 0.4) is 0 Å². The van der Waals surface area contributed by atoms with Crippen molar-refractivity contribution >= 4 is 11.2 Å². The van der Waals surface area contributed by atoms with Crippen molar-refractivity contribution in [1.29, 1.82) is 0 Å². The van der Waals surface area contributed by atoms with E-state index < -0.39 is 0 Å². The van der Waals surface area contributed by atoms with Crippen molar-refractivity contribution in [3.05, 3.63) is 24.2 Å². The Morgan fingerprint density at radius 3 is 2.95 bits per heavy atom. The lowest BCUT2D eigenvalue weighted by Crippen LogP contribution is -2.30. The first-order chi connectivity index (χ1) is 10.4. The van der Waals surface area contributed by atoms with Crippen LogP contribution in [0, 0.1) is 5.92 Å². The highest BCUT2D eigenvalue weighted by Crippen LogP contribution is 2.27. The molecular weight excluding hydrogens is 262 g/mol. The predicted octanol–water partition coefficient (Wildman–Crippen LogP) is 1.51. The molecule has 0 bridgehead atoms. The molecule has 2 saturated heterocycles. The van der Waals surface area contributed by atoms with Crippen LogP contribution in [0.25, 0.3) is 11.2 Å². The van der Waals surface area contributed by atoms with Crippen LogP contribution in [0.4, 0.5) is 0 Å². The lowest BCUT2D eigenvalue weighted by atomic mass is 9.98. The van der Waals surface area contributed by atoms with E-state index in [0.717, 1.165) is 43.9 Å². The fourth-order valence-corrected chi connectivity index (χ4v) is 3.67. The SMILES string of the molecule is c1cnc2c(c1)nc(C1CCCNC1)n2CC1CCNC1. The highest BCUT2D eigenvalue weighted by atomic mass is 15.1. The zero-order chi connectivity index (χ0) is 14.1. The van der Waals surface area contributed by atoms with Gasteiger partial charge in [0, 0.05) is 25.2 Å². The summed E-state index contributed by atoms with van der Waals surface area (Å²) >= 11 is 0. The zero-order valence-electron chi connectivity index (χ0n) is 12.4.